The van der Waals surface area contributed by atoms with E-state index in [0.717, 1.165) is 24.0 Å². The molecule has 2 aromatic rings. The molecule has 0 amide bonds. The molecule has 0 spiro atoms. The maximum Gasteiger partial charge on any atom is 0.205 e. The fourth-order valence-corrected chi connectivity index (χ4v) is 2.13. The topological polar surface area (TPSA) is 63.3 Å². The van der Waals surface area contributed by atoms with Crippen LogP contribution in [0.2, 0.25) is 0 Å². The summed E-state index contributed by atoms with van der Waals surface area (Å²) in [7, 11) is 0. The van der Waals surface area contributed by atoms with Gasteiger partial charge in [0, 0.05) is 17.4 Å². The molecule has 0 unspecified atom stereocenters. The molecule has 4 nitrogen and oxygen atoms in total. The van der Waals surface area contributed by atoms with Gasteiger partial charge in [-0.3, -0.25) is 5.43 Å². The lowest BCUT2D eigenvalue weighted by Gasteiger charge is -1.95. The predicted molar refractivity (Wildman–Crippen MR) is 90.6 cm³/mol. The van der Waals surface area contributed by atoms with E-state index in [1.54, 1.807) is 11.6 Å². The maximum atomic E-state index is 5.53. The van der Waals surface area contributed by atoms with Crippen LogP contribution >= 0.6 is 11.3 Å². The summed E-state index contributed by atoms with van der Waals surface area (Å²) in [6.45, 7) is 2.17. The number of aromatic nitrogens is 1. The molecule has 0 saturated carbocycles. The Hall–Kier alpha value is -2.32. The Morgan fingerprint density at radius 1 is 1.38 bits per heavy atom. The van der Waals surface area contributed by atoms with Crippen LogP contribution < -0.4 is 11.2 Å². The number of hydrogen-bond donors (Lipinski definition) is 2. The van der Waals surface area contributed by atoms with Crippen molar-refractivity contribution < 1.29 is 0 Å². The molecular formula is C16H18N4S. The van der Waals surface area contributed by atoms with Crippen LogP contribution in [0.4, 0.5) is 10.9 Å². The highest BCUT2D eigenvalue weighted by Gasteiger charge is 1.95. The summed E-state index contributed by atoms with van der Waals surface area (Å²) in [6, 6.07) is 7.99. The number of benzene rings is 1. The van der Waals surface area contributed by atoms with Gasteiger partial charge < -0.3 is 5.73 Å². The average Bonchev–Trinajstić information content (AvgIpc) is 2.91. The first-order chi connectivity index (χ1) is 10.3. The van der Waals surface area contributed by atoms with Gasteiger partial charge >= 0.3 is 0 Å². The highest BCUT2D eigenvalue weighted by atomic mass is 32.1. The minimum atomic E-state index is 0.503. The number of unbranched alkanes of at least 4 members (excludes halogenated alkanes) is 2. The molecule has 108 valence electrons. The van der Waals surface area contributed by atoms with Crippen LogP contribution in [0.5, 0.6) is 0 Å². The van der Waals surface area contributed by atoms with Crippen molar-refractivity contribution in [2.75, 3.05) is 11.2 Å². The largest absolute Gasteiger partial charge is 0.383 e. The third-order valence-electron chi connectivity index (χ3n) is 2.69. The molecule has 0 saturated heterocycles. The van der Waals surface area contributed by atoms with Crippen molar-refractivity contribution >= 4 is 28.5 Å². The molecule has 0 aliphatic rings. The zero-order valence-electron chi connectivity index (χ0n) is 12.0. The normalized spacial score (nSPS) is 10.3. The number of thiazole rings is 1. The quantitative estimate of drug-likeness (QED) is 0.383. The number of nitrogens with two attached hydrogens (primary N) is 1. The molecule has 1 heterocycles. The molecule has 3 N–H and O–H groups in total. The lowest BCUT2D eigenvalue weighted by molar-refractivity contribution is 0.828. The summed E-state index contributed by atoms with van der Waals surface area (Å²) >= 11 is 1.42. The number of nitrogens with one attached hydrogen (secondary N) is 1. The molecule has 1 aromatic heterocycles. The Bertz CT molecular complexity index is 647. The van der Waals surface area contributed by atoms with Crippen LogP contribution in [0.3, 0.4) is 0 Å². The van der Waals surface area contributed by atoms with Gasteiger partial charge in [0.05, 0.1) is 6.21 Å². The van der Waals surface area contributed by atoms with E-state index in [4.69, 9.17) is 5.73 Å². The smallest absolute Gasteiger partial charge is 0.205 e. The van der Waals surface area contributed by atoms with Gasteiger partial charge in [-0.2, -0.15) is 5.10 Å². The zero-order valence-corrected chi connectivity index (χ0v) is 12.8. The second-order valence-corrected chi connectivity index (χ2v) is 5.33. The van der Waals surface area contributed by atoms with E-state index < -0.39 is 0 Å². The van der Waals surface area contributed by atoms with E-state index in [1.165, 1.54) is 17.8 Å². The number of nitrogens with zero attached hydrogens (tertiary/aromatic N) is 2. The van der Waals surface area contributed by atoms with Crippen LogP contribution in [0.15, 0.2) is 34.7 Å². The van der Waals surface area contributed by atoms with Gasteiger partial charge in [-0.05, 0) is 24.1 Å². The van der Waals surface area contributed by atoms with E-state index in [0.29, 0.717) is 10.9 Å². The molecule has 2 rings (SSSR count). The highest BCUT2D eigenvalue weighted by Crippen LogP contribution is 2.16. The van der Waals surface area contributed by atoms with E-state index >= 15 is 0 Å². The molecule has 0 aliphatic heterocycles. The van der Waals surface area contributed by atoms with Gasteiger partial charge in [-0.1, -0.05) is 37.3 Å². The molecule has 0 atom stereocenters. The van der Waals surface area contributed by atoms with Crippen molar-refractivity contribution in [1.82, 2.24) is 4.98 Å². The number of rotatable bonds is 5. The second kappa shape index (κ2) is 8.08. The first-order valence-electron chi connectivity index (χ1n) is 6.87. The van der Waals surface area contributed by atoms with Crippen LogP contribution in [-0.2, 0) is 0 Å². The standard InChI is InChI=1S/C16H18N4S/c1-2-3-4-5-6-13-7-9-14(10-8-13)11-18-20-16-19-15(17)12-21-16/h7-12H,2-4,17H2,1H3,(H,19,20). The molecule has 0 fully saturated rings. The molecular weight excluding hydrogens is 280 g/mol. The first-order valence-corrected chi connectivity index (χ1v) is 7.75. The van der Waals surface area contributed by atoms with Crippen molar-refractivity contribution in [3.63, 3.8) is 0 Å². The Morgan fingerprint density at radius 3 is 2.86 bits per heavy atom. The van der Waals surface area contributed by atoms with Gasteiger partial charge in [0.15, 0.2) is 0 Å². The second-order valence-electron chi connectivity index (χ2n) is 4.47. The van der Waals surface area contributed by atoms with Gasteiger partial charge in [0.2, 0.25) is 5.13 Å². The van der Waals surface area contributed by atoms with Crippen LogP contribution in [0, 0.1) is 11.8 Å². The van der Waals surface area contributed by atoms with E-state index in [9.17, 15) is 0 Å². The van der Waals surface area contributed by atoms with Crippen molar-refractivity contribution in [3.05, 3.63) is 40.8 Å². The average molecular weight is 298 g/mol. The molecule has 21 heavy (non-hydrogen) atoms. The molecule has 0 aliphatic carbocycles. The highest BCUT2D eigenvalue weighted by molar-refractivity contribution is 7.14. The van der Waals surface area contributed by atoms with Crippen molar-refractivity contribution in [3.8, 4) is 11.8 Å². The van der Waals surface area contributed by atoms with Gasteiger partial charge in [0.25, 0.3) is 0 Å². The zero-order chi connectivity index (χ0) is 14.9. The third kappa shape index (κ3) is 5.28. The lowest BCUT2D eigenvalue weighted by atomic mass is 10.1. The summed E-state index contributed by atoms with van der Waals surface area (Å²) in [5.41, 5.74) is 10.4. The van der Waals surface area contributed by atoms with Crippen LogP contribution in [0.25, 0.3) is 0 Å². The van der Waals surface area contributed by atoms with Crippen molar-refractivity contribution in [2.24, 2.45) is 5.10 Å². The summed E-state index contributed by atoms with van der Waals surface area (Å²) in [6.07, 6.45) is 5.04. The Balaban J connectivity index is 1.88. The number of hydrazone groups is 1. The first kappa shape index (κ1) is 15.1. The summed E-state index contributed by atoms with van der Waals surface area (Å²) in [5.74, 6) is 6.84. The fraction of sp³-hybridized carbons (Fsp3) is 0.250. The molecule has 0 bridgehead atoms. The van der Waals surface area contributed by atoms with Gasteiger partial charge in [-0.15, -0.1) is 11.3 Å². The monoisotopic (exact) mass is 298 g/mol. The van der Waals surface area contributed by atoms with E-state index in [2.05, 4.69) is 34.3 Å². The number of nitrogen functional groups attached to an aromatic ring is 1. The number of hydrogen-bond acceptors (Lipinski definition) is 5. The Labute approximate surface area is 129 Å². The minimum Gasteiger partial charge on any atom is -0.383 e. The predicted octanol–water partition coefficient (Wildman–Crippen LogP) is 3.71. The fourth-order valence-electron chi connectivity index (χ4n) is 1.58. The van der Waals surface area contributed by atoms with Crippen LogP contribution in [0.1, 0.15) is 37.3 Å². The van der Waals surface area contributed by atoms with E-state index in [1.807, 2.05) is 24.3 Å². The summed E-state index contributed by atoms with van der Waals surface area (Å²) in [4.78, 5) is 4.06. The summed E-state index contributed by atoms with van der Waals surface area (Å²) in [5, 5.41) is 6.57. The van der Waals surface area contributed by atoms with E-state index in [-0.39, 0.29) is 0 Å². The van der Waals surface area contributed by atoms with Crippen molar-refractivity contribution in [1.29, 1.82) is 0 Å². The lowest BCUT2D eigenvalue weighted by Crippen LogP contribution is -1.91. The third-order valence-corrected chi connectivity index (χ3v) is 3.46. The summed E-state index contributed by atoms with van der Waals surface area (Å²) < 4.78 is 0. The molecule has 5 heteroatoms. The minimum absolute atomic E-state index is 0.503. The Kier molecular flexibility index (Phi) is 5.80. The van der Waals surface area contributed by atoms with Crippen LogP contribution in [-0.4, -0.2) is 11.2 Å². The van der Waals surface area contributed by atoms with Crippen molar-refractivity contribution in [2.45, 2.75) is 26.2 Å². The van der Waals surface area contributed by atoms with Gasteiger partial charge in [0.1, 0.15) is 5.82 Å². The number of anilines is 2. The Morgan fingerprint density at radius 2 is 2.19 bits per heavy atom. The van der Waals surface area contributed by atoms with Gasteiger partial charge in [-0.25, -0.2) is 4.98 Å². The maximum absolute atomic E-state index is 5.53. The SMILES string of the molecule is CCCCC#Cc1ccc(C=NNc2nc(N)cs2)cc1. The molecule has 0 radical (unpaired) electrons. The molecule has 1 aromatic carbocycles.